The molecule has 0 bridgehead atoms. The zero-order valence-corrected chi connectivity index (χ0v) is 11.6. The Bertz CT molecular complexity index is 583. The number of benzene rings is 1. The summed E-state index contributed by atoms with van der Waals surface area (Å²) in [5.74, 6) is -0.103. The number of aliphatic hydroxyl groups excluding tert-OH is 2. The van der Waals surface area contributed by atoms with Crippen LogP contribution in [0.15, 0.2) is 16.6 Å². The number of aliphatic hydroxyl groups is 2. The van der Waals surface area contributed by atoms with E-state index in [9.17, 15) is 14.6 Å². The Morgan fingerprint density at radius 1 is 1.44 bits per heavy atom. The standard InChI is InChI=1S/C12H14BrFN2O2/c1-6(5-17)16-10-4-8(13)3-9(14)11(10)15-12(16)7(2)18/h3-4,6-7,17-18H,5H2,1-2H3. The monoisotopic (exact) mass is 316 g/mol. The fraction of sp³-hybridized carbons (Fsp3) is 0.417. The zero-order valence-electron chi connectivity index (χ0n) is 10.1. The summed E-state index contributed by atoms with van der Waals surface area (Å²) in [6.45, 7) is 3.24. The van der Waals surface area contributed by atoms with E-state index in [1.165, 1.54) is 6.07 Å². The number of imidazole rings is 1. The first-order valence-electron chi connectivity index (χ1n) is 5.61. The van der Waals surface area contributed by atoms with Gasteiger partial charge in [-0.05, 0) is 26.0 Å². The summed E-state index contributed by atoms with van der Waals surface area (Å²) in [5, 5.41) is 19.0. The highest BCUT2D eigenvalue weighted by Gasteiger charge is 2.20. The van der Waals surface area contributed by atoms with Crippen LogP contribution < -0.4 is 0 Å². The molecule has 0 saturated carbocycles. The van der Waals surface area contributed by atoms with Crippen LogP contribution in [-0.2, 0) is 0 Å². The van der Waals surface area contributed by atoms with E-state index in [-0.39, 0.29) is 18.2 Å². The van der Waals surface area contributed by atoms with E-state index in [1.807, 2.05) is 0 Å². The van der Waals surface area contributed by atoms with Crippen molar-refractivity contribution in [3.8, 4) is 0 Å². The predicted octanol–water partition coefficient (Wildman–Crippen LogP) is 2.54. The summed E-state index contributed by atoms with van der Waals surface area (Å²) in [4.78, 5) is 4.13. The summed E-state index contributed by atoms with van der Waals surface area (Å²) in [5.41, 5.74) is 0.758. The SMILES string of the molecule is CC(O)c1nc2c(F)cc(Br)cc2n1C(C)CO. The molecule has 0 radical (unpaired) electrons. The molecule has 0 aliphatic heterocycles. The molecular formula is C12H14BrFN2O2. The molecule has 0 spiro atoms. The molecule has 0 amide bonds. The first-order chi connectivity index (χ1) is 8.45. The average Bonchev–Trinajstić information content (AvgIpc) is 2.67. The lowest BCUT2D eigenvalue weighted by Gasteiger charge is -2.16. The van der Waals surface area contributed by atoms with E-state index in [0.717, 1.165) is 0 Å². The van der Waals surface area contributed by atoms with Gasteiger partial charge in [0.25, 0.3) is 0 Å². The minimum atomic E-state index is -0.829. The van der Waals surface area contributed by atoms with Crippen LogP contribution >= 0.6 is 15.9 Å². The molecular weight excluding hydrogens is 303 g/mol. The first kappa shape index (κ1) is 13.5. The third-order valence-electron chi connectivity index (χ3n) is 2.82. The van der Waals surface area contributed by atoms with Gasteiger partial charge in [-0.1, -0.05) is 15.9 Å². The lowest BCUT2D eigenvalue weighted by molar-refractivity contribution is 0.173. The van der Waals surface area contributed by atoms with Gasteiger partial charge in [0.05, 0.1) is 18.2 Å². The molecule has 0 fully saturated rings. The second kappa shape index (κ2) is 4.95. The van der Waals surface area contributed by atoms with Crippen LogP contribution in [0.4, 0.5) is 4.39 Å². The fourth-order valence-corrected chi connectivity index (χ4v) is 2.40. The number of aromatic nitrogens is 2. The highest BCUT2D eigenvalue weighted by molar-refractivity contribution is 9.10. The van der Waals surface area contributed by atoms with Crippen molar-refractivity contribution in [2.45, 2.75) is 26.0 Å². The van der Waals surface area contributed by atoms with Crippen molar-refractivity contribution in [1.29, 1.82) is 0 Å². The average molecular weight is 317 g/mol. The van der Waals surface area contributed by atoms with Crippen molar-refractivity contribution in [2.24, 2.45) is 0 Å². The van der Waals surface area contributed by atoms with Crippen LogP contribution in [0.5, 0.6) is 0 Å². The van der Waals surface area contributed by atoms with Crippen LogP contribution in [0.25, 0.3) is 11.0 Å². The van der Waals surface area contributed by atoms with E-state index in [2.05, 4.69) is 20.9 Å². The fourth-order valence-electron chi connectivity index (χ4n) is 1.98. The van der Waals surface area contributed by atoms with E-state index >= 15 is 0 Å². The minimum absolute atomic E-state index is 0.112. The minimum Gasteiger partial charge on any atom is -0.394 e. The molecule has 2 aromatic rings. The topological polar surface area (TPSA) is 58.3 Å². The molecule has 0 aliphatic carbocycles. The van der Waals surface area contributed by atoms with Crippen molar-refractivity contribution >= 4 is 27.0 Å². The normalized spacial score (nSPS) is 15.0. The second-order valence-electron chi connectivity index (χ2n) is 4.30. The van der Waals surface area contributed by atoms with Gasteiger partial charge in [-0.3, -0.25) is 0 Å². The Balaban J connectivity index is 2.81. The van der Waals surface area contributed by atoms with Crippen molar-refractivity contribution in [3.05, 3.63) is 28.2 Å². The van der Waals surface area contributed by atoms with Crippen molar-refractivity contribution in [3.63, 3.8) is 0 Å². The Morgan fingerprint density at radius 3 is 2.67 bits per heavy atom. The highest BCUT2D eigenvalue weighted by atomic mass is 79.9. The summed E-state index contributed by atoms with van der Waals surface area (Å²) in [6.07, 6.45) is -0.829. The summed E-state index contributed by atoms with van der Waals surface area (Å²) in [7, 11) is 0. The molecule has 2 atom stereocenters. The molecule has 2 N–H and O–H groups in total. The number of rotatable bonds is 3. The van der Waals surface area contributed by atoms with Gasteiger partial charge in [0.1, 0.15) is 17.4 Å². The Kier molecular flexibility index (Phi) is 3.70. The molecule has 4 nitrogen and oxygen atoms in total. The van der Waals surface area contributed by atoms with Crippen LogP contribution in [-0.4, -0.2) is 26.4 Å². The summed E-state index contributed by atoms with van der Waals surface area (Å²) >= 11 is 3.23. The Hall–Kier alpha value is -0.980. The molecule has 0 saturated heterocycles. The molecule has 2 rings (SSSR count). The molecule has 1 aromatic heterocycles. The van der Waals surface area contributed by atoms with E-state index in [4.69, 9.17) is 0 Å². The molecule has 0 aliphatic rings. The quantitative estimate of drug-likeness (QED) is 0.915. The van der Waals surface area contributed by atoms with Crippen molar-refractivity contribution in [1.82, 2.24) is 9.55 Å². The molecule has 18 heavy (non-hydrogen) atoms. The van der Waals surface area contributed by atoms with Crippen molar-refractivity contribution < 1.29 is 14.6 Å². The first-order valence-corrected chi connectivity index (χ1v) is 6.40. The van der Waals surface area contributed by atoms with Gasteiger partial charge < -0.3 is 14.8 Å². The molecule has 1 heterocycles. The lowest BCUT2D eigenvalue weighted by atomic mass is 10.2. The molecule has 1 aromatic carbocycles. The number of halogens is 2. The molecule has 2 unspecified atom stereocenters. The molecule has 98 valence electrons. The van der Waals surface area contributed by atoms with E-state index in [1.54, 1.807) is 24.5 Å². The van der Waals surface area contributed by atoms with Gasteiger partial charge in [0.15, 0.2) is 5.82 Å². The van der Waals surface area contributed by atoms with Crippen LogP contribution in [0, 0.1) is 5.82 Å². The van der Waals surface area contributed by atoms with E-state index in [0.29, 0.717) is 15.8 Å². The maximum Gasteiger partial charge on any atom is 0.152 e. The Labute approximate surface area is 112 Å². The van der Waals surface area contributed by atoms with Crippen LogP contribution in [0.1, 0.15) is 31.8 Å². The van der Waals surface area contributed by atoms with Gasteiger partial charge in [-0.15, -0.1) is 0 Å². The second-order valence-corrected chi connectivity index (χ2v) is 5.22. The number of fused-ring (bicyclic) bond motifs is 1. The smallest absolute Gasteiger partial charge is 0.152 e. The van der Waals surface area contributed by atoms with Crippen LogP contribution in [0.2, 0.25) is 0 Å². The maximum absolute atomic E-state index is 13.8. The number of nitrogens with zero attached hydrogens (tertiary/aromatic N) is 2. The van der Waals surface area contributed by atoms with Gasteiger partial charge in [-0.25, -0.2) is 9.37 Å². The van der Waals surface area contributed by atoms with Crippen LogP contribution in [0.3, 0.4) is 0 Å². The number of hydrogen-bond acceptors (Lipinski definition) is 3. The third kappa shape index (κ3) is 2.15. The van der Waals surface area contributed by atoms with Crippen molar-refractivity contribution in [2.75, 3.05) is 6.61 Å². The van der Waals surface area contributed by atoms with Gasteiger partial charge in [0, 0.05) is 4.47 Å². The summed E-state index contributed by atoms with van der Waals surface area (Å²) < 4.78 is 16.1. The highest BCUT2D eigenvalue weighted by Crippen LogP contribution is 2.29. The van der Waals surface area contributed by atoms with Gasteiger partial charge >= 0.3 is 0 Å². The molecule has 6 heteroatoms. The predicted molar refractivity (Wildman–Crippen MR) is 69.8 cm³/mol. The third-order valence-corrected chi connectivity index (χ3v) is 3.28. The van der Waals surface area contributed by atoms with Gasteiger partial charge in [0.2, 0.25) is 0 Å². The number of hydrogen-bond donors (Lipinski definition) is 2. The van der Waals surface area contributed by atoms with E-state index < -0.39 is 11.9 Å². The Morgan fingerprint density at radius 2 is 2.11 bits per heavy atom. The zero-order chi connectivity index (χ0) is 13.4. The van der Waals surface area contributed by atoms with Gasteiger partial charge in [-0.2, -0.15) is 0 Å². The maximum atomic E-state index is 13.8. The largest absolute Gasteiger partial charge is 0.394 e. The summed E-state index contributed by atoms with van der Waals surface area (Å²) in [6, 6.07) is 2.77. The lowest BCUT2D eigenvalue weighted by Crippen LogP contribution is -2.14.